The molecule has 3 rings (SSSR count). The van der Waals surface area contributed by atoms with Gasteiger partial charge in [0.1, 0.15) is 11.5 Å². The summed E-state index contributed by atoms with van der Waals surface area (Å²) in [5, 5.41) is 7.00. The Kier molecular flexibility index (Phi) is 3.91. The first-order chi connectivity index (χ1) is 10.8. The van der Waals surface area contributed by atoms with Crippen LogP contribution in [-0.4, -0.2) is 24.4 Å². The van der Waals surface area contributed by atoms with Gasteiger partial charge < -0.3 is 19.3 Å². The Labute approximate surface area is 127 Å². The predicted molar refractivity (Wildman–Crippen MR) is 82.6 cm³/mol. The van der Waals surface area contributed by atoms with Crippen LogP contribution in [-0.2, 0) is 0 Å². The highest BCUT2D eigenvalue weighted by atomic mass is 16.5. The van der Waals surface area contributed by atoms with Gasteiger partial charge in [-0.3, -0.25) is 0 Å². The van der Waals surface area contributed by atoms with Gasteiger partial charge in [0.05, 0.1) is 19.9 Å². The van der Waals surface area contributed by atoms with Crippen LogP contribution < -0.4 is 14.8 Å². The number of hydrogen-bond acceptors (Lipinski definition) is 6. The maximum absolute atomic E-state index is 5.32. The van der Waals surface area contributed by atoms with E-state index in [1.54, 1.807) is 20.3 Å². The average molecular weight is 297 g/mol. The van der Waals surface area contributed by atoms with Crippen LogP contribution in [0.2, 0.25) is 0 Å². The summed E-state index contributed by atoms with van der Waals surface area (Å²) in [5.41, 5.74) is 1.60. The van der Waals surface area contributed by atoms with Gasteiger partial charge in [0.25, 0.3) is 0 Å². The lowest BCUT2D eigenvalue weighted by molar-refractivity contribution is 0.395. The van der Waals surface area contributed by atoms with Gasteiger partial charge in [-0.05, 0) is 12.1 Å². The van der Waals surface area contributed by atoms with Crippen LogP contribution in [0.4, 0.5) is 11.7 Å². The molecule has 6 nitrogen and oxygen atoms in total. The van der Waals surface area contributed by atoms with E-state index in [4.69, 9.17) is 14.0 Å². The number of nitrogens with one attached hydrogen (secondary N) is 1. The Hall–Kier alpha value is -3.02. The first-order valence-electron chi connectivity index (χ1n) is 6.68. The van der Waals surface area contributed by atoms with E-state index in [2.05, 4.69) is 15.5 Å². The monoisotopic (exact) mass is 297 g/mol. The molecule has 112 valence electrons. The van der Waals surface area contributed by atoms with Gasteiger partial charge in [0, 0.05) is 11.6 Å². The molecule has 3 aromatic rings. The van der Waals surface area contributed by atoms with E-state index >= 15 is 0 Å². The molecule has 0 atom stereocenters. The van der Waals surface area contributed by atoms with Crippen LogP contribution in [0.3, 0.4) is 0 Å². The van der Waals surface area contributed by atoms with Gasteiger partial charge >= 0.3 is 6.01 Å². The van der Waals surface area contributed by atoms with Crippen LogP contribution in [0.15, 0.2) is 53.1 Å². The number of ether oxygens (including phenoxy) is 2. The number of benzene rings is 2. The van der Waals surface area contributed by atoms with Crippen LogP contribution in [0.25, 0.3) is 11.4 Å². The molecule has 6 heteroatoms. The third-order valence-corrected chi connectivity index (χ3v) is 3.11. The van der Waals surface area contributed by atoms with Crippen molar-refractivity contribution < 1.29 is 14.0 Å². The highest BCUT2D eigenvalue weighted by molar-refractivity contribution is 5.65. The Morgan fingerprint density at radius 3 is 2.55 bits per heavy atom. The molecule has 0 aliphatic rings. The van der Waals surface area contributed by atoms with Crippen molar-refractivity contribution in [1.29, 1.82) is 0 Å². The summed E-state index contributed by atoms with van der Waals surface area (Å²) in [5.74, 6) is 1.85. The molecule has 0 amide bonds. The second-order valence-electron chi connectivity index (χ2n) is 4.48. The van der Waals surface area contributed by atoms with Crippen molar-refractivity contribution in [2.45, 2.75) is 0 Å². The molecule has 1 N–H and O–H groups in total. The van der Waals surface area contributed by atoms with Gasteiger partial charge in [0.2, 0.25) is 5.82 Å². The molecule has 0 unspecified atom stereocenters. The minimum atomic E-state index is 0.294. The molecule has 1 aromatic heterocycles. The van der Waals surface area contributed by atoms with Gasteiger partial charge in [-0.1, -0.05) is 35.5 Å². The first-order valence-corrected chi connectivity index (χ1v) is 6.68. The molecule has 22 heavy (non-hydrogen) atoms. The van der Waals surface area contributed by atoms with Gasteiger partial charge in [0.15, 0.2) is 0 Å². The van der Waals surface area contributed by atoms with Crippen molar-refractivity contribution in [2.24, 2.45) is 0 Å². The lowest BCUT2D eigenvalue weighted by Gasteiger charge is -2.09. The zero-order valence-corrected chi connectivity index (χ0v) is 12.2. The van der Waals surface area contributed by atoms with Crippen molar-refractivity contribution in [3.05, 3.63) is 48.5 Å². The number of aromatic nitrogens is 2. The summed E-state index contributed by atoms with van der Waals surface area (Å²) < 4.78 is 15.7. The second-order valence-corrected chi connectivity index (χ2v) is 4.48. The molecule has 0 saturated heterocycles. The third kappa shape index (κ3) is 2.85. The van der Waals surface area contributed by atoms with E-state index in [0.717, 1.165) is 5.56 Å². The standard InChI is InChI=1S/C16H15N3O3/c1-20-12-8-9-13(14(10-12)21-2)17-16-18-15(19-22-16)11-6-4-3-5-7-11/h3-10H,1-2H3,(H,17,18,19). The SMILES string of the molecule is COc1ccc(Nc2nc(-c3ccccc3)no2)c(OC)c1. The van der Waals surface area contributed by atoms with E-state index in [9.17, 15) is 0 Å². The fourth-order valence-corrected chi connectivity index (χ4v) is 2.00. The van der Waals surface area contributed by atoms with Crippen molar-refractivity contribution in [2.75, 3.05) is 19.5 Å². The Bertz CT molecular complexity index is 756. The predicted octanol–water partition coefficient (Wildman–Crippen LogP) is 3.50. The fraction of sp³-hybridized carbons (Fsp3) is 0.125. The van der Waals surface area contributed by atoms with E-state index < -0.39 is 0 Å². The Morgan fingerprint density at radius 2 is 1.82 bits per heavy atom. The van der Waals surface area contributed by atoms with E-state index in [0.29, 0.717) is 29.0 Å². The van der Waals surface area contributed by atoms with Crippen LogP contribution in [0.5, 0.6) is 11.5 Å². The lowest BCUT2D eigenvalue weighted by atomic mass is 10.2. The van der Waals surface area contributed by atoms with E-state index in [1.165, 1.54) is 0 Å². The number of anilines is 2. The number of methoxy groups -OCH3 is 2. The summed E-state index contributed by atoms with van der Waals surface area (Å²) in [4.78, 5) is 4.32. The van der Waals surface area contributed by atoms with E-state index in [-0.39, 0.29) is 0 Å². The fourth-order valence-electron chi connectivity index (χ4n) is 2.00. The maximum atomic E-state index is 5.32. The molecule has 1 heterocycles. The molecular formula is C16H15N3O3. The summed E-state index contributed by atoms with van der Waals surface area (Å²) >= 11 is 0. The lowest BCUT2D eigenvalue weighted by Crippen LogP contribution is -1.95. The summed E-state index contributed by atoms with van der Waals surface area (Å²) in [6, 6.07) is 15.3. The zero-order chi connectivity index (χ0) is 15.4. The van der Waals surface area contributed by atoms with Gasteiger partial charge in [-0.25, -0.2) is 0 Å². The molecule has 0 bridgehead atoms. The van der Waals surface area contributed by atoms with Crippen LogP contribution in [0, 0.1) is 0 Å². The van der Waals surface area contributed by atoms with Crippen LogP contribution >= 0.6 is 0 Å². The smallest absolute Gasteiger partial charge is 0.326 e. The van der Waals surface area contributed by atoms with Crippen LogP contribution in [0.1, 0.15) is 0 Å². The van der Waals surface area contributed by atoms with Crippen molar-refractivity contribution in [1.82, 2.24) is 10.1 Å². The first kappa shape index (κ1) is 13.9. The molecule has 0 spiro atoms. The topological polar surface area (TPSA) is 69.4 Å². The van der Waals surface area contributed by atoms with Crippen molar-refractivity contribution in [3.8, 4) is 22.9 Å². The highest BCUT2D eigenvalue weighted by Gasteiger charge is 2.11. The van der Waals surface area contributed by atoms with E-state index in [1.807, 2.05) is 42.5 Å². The molecule has 0 saturated carbocycles. The van der Waals surface area contributed by atoms with Crippen molar-refractivity contribution >= 4 is 11.7 Å². The zero-order valence-electron chi connectivity index (χ0n) is 12.2. The molecule has 0 radical (unpaired) electrons. The third-order valence-electron chi connectivity index (χ3n) is 3.11. The Balaban J connectivity index is 1.84. The Morgan fingerprint density at radius 1 is 1.00 bits per heavy atom. The summed E-state index contributed by atoms with van der Waals surface area (Å²) in [7, 11) is 3.19. The van der Waals surface area contributed by atoms with Gasteiger partial charge in [-0.2, -0.15) is 4.98 Å². The molecular weight excluding hydrogens is 282 g/mol. The summed E-state index contributed by atoms with van der Waals surface area (Å²) in [6.45, 7) is 0. The quantitative estimate of drug-likeness (QED) is 0.777. The second kappa shape index (κ2) is 6.17. The normalized spacial score (nSPS) is 10.3. The average Bonchev–Trinajstić information content (AvgIpc) is 3.04. The number of nitrogens with zero attached hydrogens (tertiary/aromatic N) is 2. The highest BCUT2D eigenvalue weighted by Crippen LogP contribution is 2.31. The van der Waals surface area contributed by atoms with Crippen molar-refractivity contribution in [3.63, 3.8) is 0 Å². The number of hydrogen-bond donors (Lipinski definition) is 1. The number of rotatable bonds is 5. The maximum Gasteiger partial charge on any atom is 0.326 e. The molecule has 0 fully saturated rings. The molecule has 0 aliphatic carbocycles. The molecule has 0 aliphatic heterocycles. The molecule has 2 aromatic carbocycles. The minimum absolute atomic E-state index is 0.294. The largest absolute Gasteiger partial charge is 0.497 e. The summed E-state index contributed by atoms with van der Waals surface area (Å²) in [6.07, 6.45) is 0. The van der Waals surface area contributed by atoms with Gasteiger partial charge in [-0.15, -0.1) is 0 Å². The minimum Gasteiger partial charge on any atom is -0.497 e.